The van der Waals surface area contributed by atoms with E-state index in [1.165, 1.54) is 7.11 Å². The molecule has 0 amide bonds. The molecule has 3 atom stereocenters. The molecule has 0 aromatic heterocycles. The van der Waals surface area contributed by atoms with Gasteiger partial charge in [0.2, 0.25) is 5.76 Å². The van der Waals surface area contributed by atoms with Gasteiger partial charge in [-0.15, -0.1) is 0 Å². The molecular weight excluding hydrogens is 276 g/mol. The predicted octanol–water partition coefficient (Wildman–Crippen LogP) is 3.99. The molecule has 1 aliphatic heterocycles. The Labute approximate surface area is 131 Å². The van der Waals surface area contributed by atoms with Crippen molar-refractivity contribution in [2.45, 2.75) is 18.4 Å². The van der Waals surface area contributed by atoms with Crippen LogP contribution in [0.25, 0.3) is 0 Å². The highest BCUT2D eigenvalue weighted by molar-refractivity contribution is 5.86. The van der Waals surface area contributed by atoms with Crippen LogP contribution in [0.4, 0.5) is 0 Å². The molecule has 0 saturated carbocycles. The fourth-order valence-electron chi connectivity index (χ4n) is 2.54. The van der Waals surface area contributed by atoms with Crippen molar-refractivity contribution in [3.8, 4) is 0 Å². The molecule has 3 nitrogen and oxygen atoms in total. The summed E-state index contributed by atoms with van der Waals surface area (Å²) >= 11 is 0. The number of carbonyl (C=O) groups excluding carboxylic acids is 1. The van der Waals surface area contributed by atoms with Gasteiger partial charge in [-0.25, -0.2) is 4.79 Å². The Morgan fingerprint density at radius 2 is 1.68 bits per heavy atom. The molecule has 22 heavy (non-hydrogen) atoms. The Morgan fingerprint density at radius 1 is 1.09 bits per heavy atom. The molecule has 0 saturated heterocycles. The molecule has 0 unspecified atom stereocenters. The minimum Gasteiger partial charge on any atom is -0.479 e. The maximum atomic E-state index is 12.0. The van der Waals surface area contributed by atoms with Crippen molar-refractivity contribution in [2.75, 3.05) is 7.11 Å². The zero-order valence-electron chi connectivity index (χ0n) is 13.3. The van der Waals surface area contributed by atoms with Crippen LogP contribution in [0, 0.1) is 0 Å². The summed E-state index contributed by atoms with van der Waals surface area (Å²) in [6, 6.07) is 19.3. The summed E-state index contributed by atoms with van der Waals surface area (Å²) in [5.41, 5.74) is 1.86. The summed E-state index contributed by atoms with van der Waals surface area (Å²) < 4.78 is 19.2. The summed E-state index contributed by atoms with van der Waals surface area (Å²) in [5.74, 6) is -0.582. The van der Waals surface area contributed by atoms with Gasteiger partial charge in [0, 0.05) is 7.29 Å². The predicted molar refractivity (Wildman–Crippen MR) is 84.2 cm³/mol. The van der Waals surface area contributed by atoms with Crippen molar-refractivity contribution in [3.63, 3.8) is 0 Å². The molecule has 2 aromatic rings. The zero-order valence-corrected chi connectivity index (χ0v) is 12.3. The van der Waals surface area contributed by atoms with Gasteiger partial charge in [-0.05, 0) is 23.6 Å². The van der Waals surface area contributed by atoms with Crippen LogP contribution in [-0.4, -0.2) is 13.1 Å². The summed E-state index contributed by atoms with van der Waals surface area (Å²) in [5, 5.41) is 0. The number of esters is 1. The van der Waals surface area contributed by atoms with E-state index in [1.807, 2.05) is 60.7 Å². The number of carbonyl (C=O) groups is 1. The molecule has 1 heterocycles. The summed E-state index contributed by atoms with van der Waals surface area (Å²) in [6.45, 7) is 0. The second kappa shape index (κ2) is 6.48. The van der Waals surface area contributed by atoms with Crippen molar-refractivity contribution >= 4 is 5.97 Å². The molecule has 112 valence electrons. The Hall–Kier alpha value is -2.55. The normalized spacial score (nSPS) is 24.7. The lowest BCUT2D eigenvalue weighted by atomic mass is 9.88. The minimum atomic E-state index is -0.548. The van der Waals surface area contributed by atoms with Crippen molar-refractivity contribution in [3.05, 3.63) is 83.6 Å². The number of ether oxygens (including phenoxy) is 2. The number of allylic oxidation sites excluding steroid dienone is 1. The first-order valence-corrected chi connectivity index (χ1v) is 7.19. The second-order valence-electron chi connectivity index (χ2n) is 5.10. The number of rotatable bonds is 3. The fourth-order valence-corrected chi connectivity index (χ4v) is 2.54. The molecule has 0 N–H and O–H groups in total. The van der Waals surface area contributed by atoms with Gasteiger partial charge in [0.25, 0.3) is 0 Å². The smallest absolute Gasteiger partial charge is 0.373 e. The summed E-state index contributed by atoms with van der Waals surface area (Å²) in [4.78, 5) is 12.0. The van der Waals surface area contributed by atoms with E-state index in [0.29, 0.717) is 0 Å². The first-order valence-electron chi connectivity index (χ1n) is 7.77. The lowest BCUT2D eigenvalue weighted by Gasteiger charge is -2.29. The van der Waals surface area contributed by atoms with Gasteiger partial charge < -0.3 is 9.47 Å². The highest BCUT2D eigenvalue weighted by Gasteiger charge is 2.29. The average Bonchev–Trinajstić information content (AvgIpc) is 2.62. The van der Waals surface area contributed by atoms with Gasteiger partial charge in [-0.2, -0.15) is 0 Å². The van der Waals surface area contributed by atoms with Crippen LogP contribution in [0.1, 0.15) is 30.9 Å². The number of hydrogen-bond acceptors (Lipinski definition) is 3. The minimum absolute atomic E-state index is 0.165. The summed E-state index contributed by atoms with van der Waals surface area (Å²) in [7, 11) is 1.33. The number of hydrogen-bond donors (Lipinski definition) is 0. The molecule has 0 aliphatic carbocycles. The summed E-state index contributed by atoms with van der Waals surface area (Å²) in [6.07, 6.45) is 0.631. The molecular formula is C19H18O3. The lowest BCUT2D eigenvalue weighted by molar-refractivity contribution is -0.142. The van der Waals surface area contributed by atoms with Crippen LogP contribution in [0.2, 0.25) is 0 Å². The third-order valence-corrected chi connectivity index (χ3v) is 3.67. The Bertz CT molecular complexity index is 697. The van der Waals surface area contributed by atoms with Crippen LogP contribution < -0.4 is 0 Å². The van der Waals surface area contributed by atoms with E-state index in [0.717, 1.165) is 11.1 Å². The molecule has 0 spiro atoms. The van der Waals surface area contributed by atoms with Gasteiger partial charge in [0.1, 0.15) is 6.10 Å². The van der Waals surface area contributed by atoms with Gasteiger partial charge in [-0.1, -0.05) is 60.7 Å². The van der Waals surface area contributed by atoms with Gasteiger partial charge in [0.15, 0.2) is 0 Å². The van der Waals surface area contributed by atoms with Crippen LogP contribution in [0.15, 0.2) is 72.5 Å². The molecule has 0 bridgehead atoms. The van der Waals surface area contributed by atoms with E-state index in [2.05, 4.69) is 0 Å². The third kappa shape index (κ3) is 3.03. The SMILES string of the molecule is [2H][C@H]1[C@H](c2ccccc2)C=C(C(=O)OC)O[C@H]1c1ccccc1. The van der Waals surface area contributed by atoms with Crippen molar-refractivity contribution in [1.82, 2.24) is 0 Å². The first kappa shape index (κ1) is 13.1. The Kier molecular flexibility index (Phi) is 3.87. The molecule has 2 aromatic carbocycles. The van der Waals surface area contributed by atoms with E-state index in [-0.39, 0.29) is 11.7 Å². The van der Waals surface area contributed by atoms with Crippen LogP contribution in [0.5, 0.6) is 0 Å². The lowest BCUT2D eigenvalue weighted by Crippen LogP contribution is -2.20. The molecule has 0 fully saturated rings. The molecule has 0 radical (unpaired) electrons. The van der Waals surface area contributed by atoms with E-state index in [9.17, 15) is 4.79 Å². The van der Waals surface area contributed by atoms with E-state index >= 15 is 0 Å². The standard InChI is InChI=1S/C19H18O3/c1-21-19(20)18-13-16(14-8-4-2-5-9-14)12-17(22-18)15-10-6-3-7-11-15/h2-11,13,16-17H,12H2,1H3/t16-,17+/m0/s1/i12D/t12-,16-,17+. The van der Waals surface area contributed by atoms with E-state index in [1.54, 1.807) is 6.08 Å². The van der Waals surface area contributed by atoms with Gasteiger partial charge in [-0.3, -0.25) is 0 Å². The highest BCUT2D eigenvalue weighted by Crippen LogP contribution is 2.38. The van der Waals surface area contributed by atoms with Crippen LogP contribution >= 0.6 is 0 Å². The molecule has 1 aliphatic rings. The van der Waals surface area contributed by atoms with Gasteiger partial charge in [0.05, 0.1) is 7.11 Å². The highest BCUT2D eigenvalue weighted by atomic mass is 16.6. The largest absolute Gasteiger partial charge is 0.479 e. The van der Waals surface area contributed by atoms with Crippen LogP contribution in [-0.2, 0) is 14.3 Å². The van der Waals surface area contributed by atoms with Crippen molar-refractivity contribution in [2.24, 2.45) is 0 Å². The Morgan fingerprint density at radius 3 is 2.27 bits per heavy atom. The Balaban J connectivity index is 2.02. The topological polar surface area (TPSA) is 35.5 Å². The molecule has 3 rings (SSSR count). The maximum Gasteiger partial charge on any atom is 0.373 e. The van der Waals surface area contributed by atoms with Gasteiger partial charge >= 0.3 is 5.97 Å². The van der Waals surface area contributed by atoms with Crippen molar-refractivity contribution in [1.29, 1.82) is 0 Å². The third-order valence-electron chi connectivity index (χ3n) is 3.67. The molecule has 3 heteroatoms. The maximum absolute atomic E-state index is 12.0. The zero-order chi connectivity index (χ0) is 16.2. The first-order chi connectivity index (χ1) is 11.2. The number of methoxy groups -OCH3 is 1. The van der Waals surface area contributed by atoms with E-state index in [4.69, 9.17) is 10.8 Å². The fraction of sp³-hybridized carbons (Fsp3) is 0.211. The average molecular weight is 295 g/mol. The van der Waals surface area contributed by atoms with Crippen molar-refractivity contribution < 1.29 is 15.6 Å². The number of benzene rings is 2. The second-order valence-corrected chi connectivity index (χ2v) is 5.10. The van der Waals surface area contributed by atoms with Crippen LogP contribution in [0.3, 0.4) is 0 Å². The van der Waals surface area contributed by atoms with E-state index < -0.39 is 18.5 Å². The monoisotopic (exact) mass is 295 g/mol. The quantitative estimate of drug-likeness (QED) is 0.803.